The van der Waals surface area contributed by atoms with E-state index in [0.717, 1.165) is 21.5 Å². The second-order valence-electron chi connectivity index (χ2n) is 4.12. The van der Waals surface area contributed by atoms with E-state index in [2.05, 4.69) is 15.9 Å². The molecule has 0 aliphatic heterocycles. The van der Waals surface area contributed by atoms with Crippen LogP contribution in [-0.2, 0) is 0 Å². The monoisotopic (exact) mass is 321 g/mol. The number of methoxy groups -OCH3 is 1. The van der Waals surface area contributed by atoms with E-state index in [0.29, 0.717) is 6.61 Å². The Morgan fingerprint density at radius 1 is 1.16 bits per heavy atom. The van der Waals surface area contributed by atoms with Crippen LogP contribution in [-0.4, -0.2) is 13.7 Å². The first-order valence-corrected chi connectivity index (χ1v) is 6.77. The number of rotatable bonds is 5. The molecule has 0 amide bonds. The fourth-order valence-corrected chi connectivity index (χ4v) is 2.17. The average Bonchev–Trinajstić information content (AvgIpc) is 2.46. The van der Waals surface area contributed by atoms with E-state index in [4.69, 9.17) is 15.2 Å². The van der Waals surface area contributed by atoms with Crippen molar-refractivity contribution in [2.75, 3.05) is 13.7 Å². The Balaban J connectivity index is 1.99. The fraction of sp³-hybridized carbons (Fsp3) is 0.200. The lowest BCUT2D eigenvalue weighted by atomic mass is 10.1. The number of hydrogen-bond donors (Lipinski definition) is 1. The van der Waals surface area contributed by atoms with Crippen LogP contribution in [0.25, 0.3) is 0 Å². The Bertz CT molecular complexity index is 531. The summed E-state index contributed by atoms with van der Waals surface area (Å²) >= 11 is 3.45. The summed E-state index contributed by atoms with van der Waals surface area (Å²) in [5.41, 5.74) is 7.15. The van der Waals surface area contributed by atoms with Gasteiger partial charge in [0.1, 0.15) is 18.1 Å². The van der Waals surface area contributed by atoms with E-state index >= 15 is 0 Å². The lowest BCUT2D eigenvalue weighted by Crippen LogP contribution is -2.18. The largest absolute Gasteiger partial charge is 0.497 e. The molecule has 2 aromatic carbocycles. The molecular formula is C15H16BrNO2. The van der Waals surface area contributed by atoms with Crippen molar-refractivity contribution >= 4 is 15.9 Å². The van der Waals surface area contributed by atoms with Crippen molar-refractivity contribution in [3.8, 4) is 11.5 Å². The lowest BCUT2D eigenvalue weighted by molar-refractivity contribution is 0.288. The van der Waals surface area contributed by atoms with E-state index in [1.807, 2.05) is 48.5 Å². The minimum atomic E-state index is -0.143. The van der Waals surface area contributed by atoms with Crippen LogP contribution in [0.3, 0.4) is 0 Å². The van der Waals surface area contributed by atoms with Gasteiger partial charge in [-0.05, 0) is 39.7 Å². The van der Waals surface area contributed by atoms with Gasteiger partial charge in [-0.2, -0.15) is 0 Å². The van der Waals surface area contributed by atoms with Crippen molar-refractivity contribution in [2.45, 2.75) is 6.04 Å². The first kappa shape index (κ1) is 13.9. The third-order valence-corrected chi connectivity index (χ3v) is 3.40. The molecule has 2 N–H and O–H groups in total. The highest BCUT2D eigenvalue weighted by Crippen LogP contribution is 2.29. The van der Waals surface area contributed by atoms with Crippen LogP contribution < -0.4 is 15.2 Å². The molecule has 0 spiro atoms. The first-order valence-electron chi connectivity index (χ1n) is 5.97. The summed E-state index contributed by atoms with van der Waals surface area (Å²) in [5.74, 6) is 1.54. The van der Waals surface area contributed by atoms with Gasteiger partial charge in [-0.15, -0.1) is 0 Å². The molecule has 0 saturated carbocycles. The van der Waals surface area contributed by atoms with E-state index in [9.17, 15) is 0 Å². The van der Waals surface area contributed by atoms with E-state index in [-0.39, 0.29) is 6.04 Å². The molecule has 0 aliphatic carbocycles. The van der Waals surface area contributed by atoms with E-state index < -0.39 is 0 Å². The highest BCUT2D eigenvalue weighted by molar-refractivity contribution is 9.10. The molecule has 0 saturated heterocycles. The van der Waals surface area contributed by atoms with Crippen molar-refractivity contribution in [2.24, 2.45) is 5.73 Å². The summed E-state index contributed by atoms with van der Waals surface area (Å²) in [6, 6.07) is 15.3. The van der Waals surface area contributed by atoms with Crippen molar-refractivity contribution in [3.05, 3.63) is 58.6 Å². The minimum absolute atomic E-state index is 0.143. The standard InChI is InChI=1S/C15H16BrNO2/c1-18-12-7-8-15(13(16)9-12)19-10-14(17)11-5-3-2-4-6-11/h2-9,14H,10,17H2,1H3. The topological polar surface area (TPSA) is 44.5 Å². The van der Waals surface area contributed by atoms with Crippen molar-refractivity contribution in [3.63, 3.8) is 0 Å². The summed E-state index contributed by atoms with van der Waals surface area (Å²) < 4.78 is 11.7. The molecule has 19 heavy (non-hydrogen) atoms. The van der Waals surface area contributed by atoms with Crippen LogP contribution >= 0.6 is 15.9 Å². The number of nitrogens with two attached hydrogens (primary N) is 1. The van der Waals surface area contributed by atoms with E-state index in [1.165, 1.54) is 0 Å². The molecule has 0 aliphatic rings. The van der Waals surface area contributed by atoms with Gasteiger partial charge in [-0.3, -0.25) is 0 Å². The van der Waals surface area contributed by atoms with Gasteiger partial charge in [0.2, 0.25) is 0 Å². The molecule has 0 fully saturated rings. The molecule has 0 bridgehead atoms. The second kappa shape index (κ2) is 6.59. The van der Waals surface area contributed by atoms with Crippen LogP contribution in [0.2, 0.25) is 0 Å². The van der Waals surface area contributed by atoms with Gasteiger partial charge in [-0.25, -0.2) is 0 Å². The maximum absolute atomic E-state index is 6.08. The summed E-state index contributed by atoms with van der Waals surface area (Å²) in [6.45, 7) is 0.426. The van der Waals surface area contributed by atoms with Gasteiger partial charge in [-0.1, -0.05) is 30.3 Å². The minimum Gasteiger partial charge on any atom is -0.497 e. The van der Waals surface area contributed by atoms with E-state index in [1.54, 1.807) is 7.11 Å². The van der Waals surface area contributed by atoms with Gasteiger partial charge in [0.25, 0.3) is 0 Å². The molecule has 0 radical (unpaired) electrons. The van der Waals surface area contributed by atoms with Gasteiger partial charge in [0, 0.05) is 0 Å². The summed E-state index contributed by atoms with van der Waals surface area (Å²) in [5, 5.41) is 0. The highest BCUT2D eigenvalue weighted by Gasteiger charge is 2.08. The zero-order valence-corrected chi connectivity index (χ0v) is 12.3. The second-order valence-corrected chi connectivity index (χ2v) is 4.98. The average molecular weight is 322 g/mol. The zero-order chi connectivity index (χ0) is 13.7. The van der Waals surface area contributed by atoms with Crippen LogP contribution in [0.5, 0.6) is 11.5 Å². The molecule has 0 heterocycles. The maximum atomic E-state index is 6.08. The molecular weight excluding hydrogens is 306 g/mol. The Morgan fingerprint density at radius 2 is 1.89 bits per heavy atom. The first-order chi connectivity index (χ1) is 9.20. The molecule has 4 heteroatoms. The molecule has 3 nitrogen and oxygen atoms in total. The molecule has 1 unspecified atom stereocenters. The quantitative estimate of drug-likeness (QED) is 0.916. The Morgan fingerprint density at radius 3 is 2.53 bits per heavy atom. The van der Waals surface area contributed by atoms with Crippen molar-refractivity contribution in [1.29, 1.82) is 0 Å². The summed E-state index contributed by atoms with van der Waals surface area (Å²) in [4.78, 5) is 0. The Hall–Kier alpha value is -1.52. The van der Waals surface area contributed by atoms with Gasteiger partial charge >= 0.3 is 0 Å². The third-order valence-electron chi connectivity index (χ3n) is 2.79. The summed E-state index contributed by atoms with van der Waals surface area (Å²) in [6.07, 6.45) is 0. The predicted octanol–water partition coefficient (Wildman–Crippen LogP) is 3.54. The van der Waals surface area contributed by atoms with Gasteiger partial charge in [0.15, 0.2) is 0 Å². The molecule has 1 atom stereocenters. The number of halogens is 1. The molecule has 2 aromatic rings. The van der Waals surface area contributed by atoms with Crippen LogP contribution in [0.1, 0.15) is 11.6 Å². The Labute approximate surface area is 121 Å². The van der Waals surface area contributed by atoms with Crippen LogP contribution in [0, 0.1) is 0 Å². The fourth-order valence-electron chi connectivity index (χ4n) is 1.70. The number of hydrogen-bond acceptors (Lipinski definition) is 3. The van der Waals surface area contributed by atoms with Crippen LogP contribution in [0.15, 0.2) is 53.0 Å². The van der Waals surface area contributed by atoms with Crippen molar-refractivity contribution in [1.82, 2.24) is 0 Å². The SMILES string of the molecule is COc1ccc(OCC(N)c2ccccc2)c(Br)c1. The zero-order valence-electron chi connectivity index (χ0n) is 10.7. The van der Waals surface area contributed by atoms with Gasteiger partial charge in [0.05, 0.1) is 17.6 Å². The maximum Gasteiger partial charge on any atom is 0.133 e. The molecule has 0 aromatic heterocycles. The number of benzene rings is 2. The lowest BCUT2D eigenvalue weighted by Gasteiger charge is -2.14. The predicted molar refractivity (Wildman–Crippen MR) is 79.6 cm³/mol. The van der Waals surface area contributed by atoms with Crippen LogP contribution in [0.4, 0.5) is 0 Å². The number of ether oxygens (including phenoxy) is 2. The molecule has 100 valence electrons. The third kappa shape index (κ3) is 3.72. The summed E-state index contributed by atoms with van der Waals surface area (Å²) in [7, 11) is 1.63. The Kier molecular flexibility index (Phi) is 4.82. The smallest absolute Gasteiger partial charge is 0.133 e. The highest BCUT2D eigenvalue weighted by atomic mass is 79.9. The molecule has 2 rings (SSSR count). The normalized spacial score (nSPS) is 11.9. The van der Waals surface area contributed by atoms with Gasteiger partial charge < -0.3 is 15.2 Å². The van der Waals surface area contributed by atoms with Crippen molar-refractivity contribution < 1.29 is 9.47 Å².